The Morgan fingerprint density at radius 2 is 1.33 bits per heavy atom. The Morgan fingerprint density at radius 1 is 0.647 bits per heavy atom. The number of imidazole rings is 2. The Balaban J connectivity index is 0.00000348. The first-order chi connectivity index (χ1) is 24.5. The van der Waals surface area contributed by atoms with Crippen molar-refractivity contribution in [3.63, 3.8) is 0 Å². The van der Waals surface area contributed by atoms with Gasteiger partial charge in [-0.1, -0.05) is 112 Å². The molecule has 10 rings (SSSR count). The molecule has 0 aliphatic rings. The predicted octanol–water partition coefficient (Wildman–Crippen LogP) is 10.6. The van der Waals surface area contributed by atoms with Crippen molar-refractivity contribution in [2.75, 3.05) is 0 Å². The van der Waals surface area contributed by atoms with E-state index in [9.17, 15) is 0 Å². The Labute approximate surface area is 308 Å². The van der Waals surface area contributed by atoms with E-state index in [0.717, 1.165) is 71.7 Å². The molecule has 5 heterocycles. The molecule has 0 atom stereocenters. The number of nitrogens with zero attached hydrogens (tertiary/aromatic N) is 5. The third kappa shape index (κ3) is 4.85. The molecular formula is C44H29N5OPt. The molecule has 0 aliphatic carbocycles. The van der Waals surface area contributed by atoms with E-state index in [1.807, 2.05) is 48.8 Å². The van der Waals surface area contributed by atoms with E-state index >= 15 is 0 Å². The molecule has 0 saturated carbocycles. The predicted molar refractivity (Wildman–Crippen MR) is 201 cm³/mol. The molecular weight excluding hydrogens is 810 g/mol. The molecule has 0 spiro atoms. The van der Waals surface area contributed by atoms with Gasteiger partial charge in [0.2, 0.25) is 0 Å². The summed E-state index contributed by atoms with van der Waals surface area (Å²) < 4.78 is 10.9. The van der Waals surface area contributed by atoms with Gasteiger partial charge in [0.1, 0.15) is 0 Å². The van der Waals surface area contributed by atoms with Crippen LogP contribution in [0.5, 0.6) is 11.5 Å². The fourth-order valence-electron chi connectivity index (χ4n) is 7.68. The maximum atomic E-state index is 6.55. The number of fused-ring (bicyclic) bond motifs is 12. The minimum absolute atomic E-state index is 0. The summed E-state index contributed by atoms with van der Waals surface area (Å²) in [6.07, 6.45) is 5.91. The second-order valence-corrected chi connectivity index (χ2v) is 13.0. The number of aromatic nitrogens is 5. The molecule has 0 bridgehead atoms. The first-order valence-electron chi connectivity index (χ1n) is 16.7. The van der Waals surface area contributed by atoms with Gasteiger partial charge in [-0.05, 0) is 55.5 Å². The maximum Gasteiger partial charge on any atom is 2.00 e. The van der Waals surface area contributed by atoms with E-state index in [2.05, 4.69) is 115 Å². The molecule has 0 fully saturated rings. The van der Waals surface area contributed by atoms with Gasteiger partial charge in [-0.2, -0.15) is 0 Å². The summed E-state index contributed by atoms with van der Waals surface area (Å²) in [7, 11) is 0. The van der Waals surface area contributed by atoms with E-state index in [0.29, 0.717) is 11.5 Å². The summed E-state index contributed by atoms with van der Waals surface area (Å²) >= 11 is 0. The zero-order valence-electron chi connectivity index (χ0n) is 28.0. The second-order valence-electron chi connectivity index (χ2n) is 13.0. The topological polar surface area (TPSA) is 56.7 Å². The van der Waals surface area contributed by atoms with Crippen molar-refractivity contribution in [2.24, 2.45) is 0 Å². The third-order valence-electron chi connectivity index (χ3n) is 9.71. The van der Waals surface area contributed by atoms with Crippen LogP contribution in [-0.4, -0.2) is 23.8 Å². The van der Waals surface area contributed by atoms with Crippen molar-refractivity contribution >= 4 is 54.8 Å². The molecule has 0 N–H and O–H groups in total. The van der Waals surface area contributed by atoms with E-state index in [-0.39, 0.29) is 21.1 Å². The molecule has 0 saturated heterocycles. The van der Waals surface area contributed by atoms with E-state index in [4.69, 9.17) is 19.7 Å². The zero-order valence-corrected chi connectivity index (χ0v) is 30.3. The summed E-state index contributed by atoms with van der Waals surface area (Å²) in [6, 6.07) is 42.4. The first kappa shape index (κ1) is 31.2. The second kappa shape index (κ2) is 11.9. The Hall–Kier alpha value is -5.84. The van der Waals surface area contributed by atoms with Crippen molar-refractivity contribution < 1.29 is 25.8 Å². The Bertz CT molecular complexity index is 2980. The van der Waals surface area contributed by atoms with Crippen LogP contribution in [0.1, 0.15) is 16.7 Å². The number of ether oxygens (including phenoxy) is 1. The largest absolute Gasteiger partial charge is 2.00 e. The van der Waals surface area contributed by atoms with Gasteiger partial charge in [0.25, 0.3) is 0 Å². The quantitative estimate of drug-likeness (QED) is 0.131. The van der Waals surface area contributed by atoms with Gasteiger partial charge in [-0.25, -0.2) is 0 Å². The van der Waals surface area contributed by atoms with Gasteiger partial charge in [0.15, 0.2) is 0 Å². The van der Waals surface area contributed by atoms with Gasteiger partial charge >= 0.3 is 21.1 Å². The van der Waals surface area contributed by atoms with E-state index < -0.39 is 0 Å². The standard InChI is InChI=1S/C44H29N5O.Pt/c1-26-20-27(2)41(28(3)21-26)40-24-46-43-36-23-31(16-18-34(36)42-39(49(40)43)14-9-19-45-42)50-30-15-17-32-33-12-7-8-13-38(33)48-25-37(29-10-5-4-6-11-29)47-44(48)35(32)22-30;/h4-21,24-25H,1-3H3;/q-2;+2. The minimum Gasteiger partial charge on any atom is -0.497 e. The monoisotopic (exact) mass is 838 g/mol. The molecule has 7 heteroatoms. The van der Waals surface area contributed by atoms with Crippen LogP contribution >= 0.6 is 0 Å². The molecule has 5 aromatic heterocycles. The average molecular weight is 839 g/mol. The number of pyridine rings is 3. The van der Waals surface area contributed by atoms with Crippen LogP contribution in [0.4, 0.5) is 0 Å². The summed E-state index contributed by atoms with van der Waals surface area (Å²) in [6.45, 7) is 6.46. The molecule has 0 unspecified atom stereocenters. The van der Waals surface area contributed by atoms with Crippen LogP contribution in [0, 0.1) is 32.9 Å². The van der Waals surface area contributed by atoms with Gasteiger partial charge in [-0.3, -0.25) is 15.0 Å². The van der Waals surface area contributed by atoms with Crippen molar-refractivity contribution in [3.05, 3.63) is 151 Å². The van der Waals surface area contributed by atoms with Crippen molar-refractivity contribution in [1.82, 2.24) is 23.8 Å². The molecule has 246 valence electrons. The fourth-order valence-corrected chi connectivity index (χ4v) is 7.68. The van der Waals surface area contributed by atoms with Gasteiger partial charge in [0, 0.05) is 46.7 Å². The summed E-state index contributed by atoms with van der Waals surface area (Å²) in [5, 5.41) is 4.90. The van der Waals surface area contributed by atoms with Crippen LogP contribution in [-0.2, 0) is 21.1 Å². The molecule has 0 radical (unpaired) electrons. The molecule has 0 aliphatic heterocycles. The summed E-state index contributed by atoms with van der Waals surface area (Å²) in [5.41, 5.74) is 12.5. The maximum absolute atomic E-state index is 6.55. The van der Waals surface area contributed by atoms with E-state index in [1.165, 1.54) is 22.3 Å². The SMILES string of the molecule is Cc1cc(C)c(-c2cnc3c4[c-]c(Oc5[c-]c6c(cc5)c5ccccc5n5cc(-c7ccccc7)nc65)ccc4c4ncccc4n23)c(C)c1.[Pt+2]. The van der Waals surface area contributed by atoms with Crippen LogP contribution < -0.4 is 4.74 Å². The average Bonchev–Trinajstić information content (AvgIpc) is 3.78. The molecule has 0 amide bonds. The normalized spacial score (nSPS) is 11.7. The fraction of sp³-hybridized carbons (Fsp3) is 0.0682. The van der Waals surface area contributed by atoms with Crippen molar-refractivity contribution in [2.45, 2.75) is 20.8 Å². The zero-order chi connectivity index (χ0) is 33.5. The van der Waals surface area contributed by atoms with Gasteiger partial charge in [-0.15, -0.1) is 12.1 Å². The Kier molecular flexibility index (Phi) is 7.27. The van der Waals surface area contributed by atoms with E-state index in [1.54, 1.807) is 0 Å². The van der Waals surface area contributed by atoms with Gasteiger partial charge in [0.05, 0.1) is 33.7 Å². The van der Waals surface area contributed by atoms with Crippen molar-refractivity contribution in [1.29, 1.82) is 0 Å². The number of rotatable bonds is 4. The van der Waals surface area contributed by atoms with Crippen molar-refractivity contribution in [3.8, 4) is 34.0 Å². The Morgan fingerprint density at radius 3 is 2.12 bits per heavy atom. The van der Waals surface area contributed by atoms with Crippen LogP contribution in [0.25, 0.3) is 77.3 Å². The third-order valence-corrected chi connectivity index (χ3v) is 9.71. The van der Waals surface area contributed by atoms with Gasteiger partial charge < -0.3 is 13.5 Å². The minimum atomic E-state index is 0. The van der Waals surface area contributed by atoms with Crippen LogP contribution in [0.3, 0.4) is 0 Å². The van der Waals surface area contributed by atoms with Crippen LogP contribution in [0.2, 0.25) is 0 Å². The molecule has 51 heavy (non-hydrogen) atoms. The first-order valence-corrected chi connectivity index (χ1v) is 16.7. The smallest absolute Gasteiger partial charge is 0.497 e. The number of benzene rings is 5. The molecule has 5 aromatic carbocycles. The number of hydrogen-bond donors (Lipinski definition) is 0. The molecule has 6 nitrogen and oxygen atoms in total. The number of hydrogen-bond acceptors (Lipinski definition) is 4. The molecule has 10 aromatic rings. The number of aryl methyl sites for hydroxylation is 3. The number of para-hydroxylation sites is 1. The summed E-state index contributed by atoms with van der Waals surface area (Å²) in [4.78, 5) is 14.9. The summed E-state index contributed by atoms with van der Waals surface area (Å²) in [5.74, 6) is 1.15. The van der Waals surface area contributed by atoms with Crippen LogP contribution in [0.15, 0.2) is 122 Å².